The first kappa shape index (κ1) is 43.3. The standard InChI is InChI=1S/C42H23F15O3/c1-58-34-17-27(22-7-8-23(38(48)37(22)42(55,56)57)24-5-4-6-30(44)39(24)60-3)32(46)16-28(34)26-14-29(41(52,53)54)25(15-31(26)45)18-11-33(47)36(35(12-18)59-2)19-9-20(40(49,50)51)13-21(43)10-19/h4-17H,1-3H3. The Labute approximate surface area is 329 Å². The van der Waals surface area contributed by atoms with E-state index in [1.807, 2.05) is 0 Å². The number of hydrogen-bond donors (Lipinski definition) is 0. The quantitative estimate of drug-likeness (QED) is 0.143. The van der Waals surface area contributed by atoms with Gasteiger partial charge in [0.2, 0.25) is 0 Å². The lowest BCUT2D eigenvalue weighted by Crippen LogP contribution is -2.12. The van der Waals surface area contributed by atoms with Crippen LogP contribution < -0.4 is 14.2 Å². The van der Waals surface area contributed by atoms with Gasteiger partial charge in [-0.25, -0.2) is 26.3 Å². The van der Waals surface area contributed by atoms with E-state index in [9.17, 15) is 48.3 Å². The second-order valence-corrected chi connectivity index (χ2v) is 12.8. The fraction of sp³-hybridized carbons (Fsp3) is 0.143. The van der Waals surface area contributed by atoms with Gasteiger partial charge >= 0.3 is 18.5 Å². The molecule has 0 saturated carbocycles. The Kier molecular flexibility index (Phi) is 11.3. The lowest BCUT2D eigenvalue weighted by molar-refractivity contribution is -0.139. The van der Waals surface area contributed by atoms with Crippen LogP contribution in [0.5, 0.6) is 17.2 Å². The third kappa shape index (κ3) is 8.01. The summed E-state index contributed by atoms with van der Waals surface area (Å²) in [5, 5.41) is 0. The molecule has 0 fully saturated rings. The predicted octanol–water partition coefficient (Wildman–Crippen LogP) is 13.9. The van der Waals surface area contributed by atoms with Gasteiger partial charge in [-0.2, -0.15) is 39.5 Å². The molecular weight excluding hydrogens is 837 g/mol. The molecule has 6 rings (SSSR count). The Balaban J connectivity index is 1.51. The normalized spacial score (nSPS) is 12.2. The lowest BCUT2D eigenvalue weighted by Gasteiger charge is -2.21. The number of alkyl halides is 9. The van der Waals surface area contributed by atoms with Crippen molar-refractivity contribution >= 4 is 0 Å². The van der Waals surface area contributed by atoms with E-state index in [0.717, 1.165) is 51.7 Å². The number of rotatable bonds is 8. The molecule has 314 valence electrons. The molecule has 0 unspecified atom stereocenters. The van der Waals surface area contributed by atoms with Crippen LogP contribution in [0.15, 0.2) is 84.9 Å². The third-order valence-corrected chi connectivity index (χ3v) is 9.27. The number of benzene rings is 6. The minimum atomic E-state index is -5.53. The summed E-state index contributed by atoms with van der Waals surface area (Å²) >= 11 is 0. The third-order valence-electron chi connectivity index (χ3n) is 9.27. The second kappa shape index (κ2) is 15.7. The Morgan fingerprint density at radius 2 is 1.03 bits per heavy atom. The van der Waals surface area contributed by atoms with Crippen molar-refractivity contribution in [3.8, 4) is 72.9 Å². The summed E-state index contributed by atoms with van der Waals surface area (Å²) in [4.78, 5) is 0. The van der Waals surface area contributed by atoms with Crippen molar-refractivity contribution < 1.29 is 80.1 Å². The van der Waals surface area contributed by atoms with Crippen molar-refractivity contribution in [3.63, 3.8) is 0 Å². The van der Waals surface area contributed by atoms with Crippen LogP contribution in [-0.4, -0.2) is 21.3 Å². The molecule has 0 spiro atoms. The Morgan fingerprint density at radius 3 is 1.62 bits per heavy atom. The van der Waals surface area contributed by atoms with Crippen LogP contribution in [0.3, 0.4) is 0 Å². The monoisotopic (exact) mass is 860 g/mol. The van der Waals surface area contributed by atoms with Gasteiger partial charge in [-0.3, -0.25) is 0 Å². The Hall–Kier alpha value is -6.33. The highest BCUT2D eigenvalue weighted by atomic mass is 19.4. The molecule has 60 heavy (non-hydrogen) atoms. The van der Waals surface area contributed by atoms with Crippen molar-refractivity contribution in [3.05, 3.63) is 137 Å². The smallest absolute Gasteiger partial charge is 0.419 e. The van der Waals surface area contributed by atoms with E-state index in [0.29, 0.717) is 36.4 Å². The van der Waals surface area contributed by atoms with Crippen LogP contribution in [-0.2, 0) is 18.5 Å². The van der Waals surface area contributed by atoms with Crippen LogP contribution in [0.1, 0.15) is 16.7 Å². The summed E-state index contributed by atoms with van der Waals surface area (Å²) in [6, 6.07) is 7.97. The van der Waals surface area contributed by atoms with Crippen molar-refractivity contribution in [2.75, 3.05) is 21.3 Å². The van der Waals surface area contributed by atoms with E-state index in [-0.39, 0.29) is 18.2 Å². The molecule has 3 nitrogen and oxygen atoms in total. The molecule has 0 saturated heterocycles. The van der Waals surface area contributed by atoms with Crippen LogP contribution in [0.2, 0.25) is 0 Å². The molecular formula is C42H23F15O3. The number of methoxy groups -OCH3 is 3. The van der Waals surface area contributed by atoms with Gasteiger partial charge in [-0.1, -0.05) is 24.3 Å². The topological polar surface area (TPSA) is 27.7 Å². The molecule has 6 aromatic rings. The zero-order chi connectivity index (χ0) is 44.2. The summed E-state index contributed by atoms with van der Waals surface area (Å²) < 4.78 is 235. The minimum absolute atomic E-state index is 0.126. The van der Waals surface area contributed by atoms with E-state index in [1.165, 1.54) is 0 Å². The average Bonchev–Trinajstić information content (AvgIpc) is 3.15. The fourth-order valence-corrected chi connectivity index (χ4v) is 6.68. The highest BCUT2D eigenvalue weighted by Gasteiger charge is 2.40. The SMILES string of the molecule is COc1cc(-c2ccc(-c3cccc(F)c3OC)c(F)c2C(F)(F)F)c(F)cc1-c1cc(C(F)(F)F)c(-c2cc(F)c(-c3cc(F)cc(C(F)(F)F)c3)c(OC)c2)cc1F. The van der Waals surface area contributed by atoms with Crippen LogP contribution in [0.25, 0.3) is 55.6 Å². The van der Waals surface area contributed by atoms with Crippen molar-refractivity contribution in [1.29, 1.82) is 0 Å². The summed E-state index contributed by atoms with van der Waals surface area (Å²) in [6.45, 7) is 0. The molecule has 6 aromatic carbocycles. The summed E-state index contributed by atoms with van der Waals surface area (Å²) in [6.07, 6.45) is -16.0. The fourth-order valence-electron chi connectivity index (χ4n) is 6.68. The van der Waals surface area contributed by atoms with Gasteiger partial charge in [0.15, 0.2) is 11.6 Å². The highest BCUT2D eigenvalue weighted by molar-refractivity contribution is 5.84. The molecule has 0 atom stereocenters. The Morgan fingerprint density at radius 1 is 0.417 bits per heavy atom. The second-order valence-electron chi connectivity index (χ2n) is 12.8. The molecule has 0 aliphatic rings. The molecule has 0 amide bonds. The van der Waals surface area contributed by atoms with E-state index < -0.39 is 143 Å². The number of hydrogen-bond acceptors (Lipinski definition) is 3. The van der Waals surface area contributed by atoms with Crippen LogP contribution in [0, 0.1) is 34.9 Å². The maximum atomic E-state index is 16.0. The van der Waals surface area contributed by atoms with E-state index in [2.05, 4.69) is 0 Å². The number of halogens is 15. The molecule has 0 aliphatic carbocycles. The lowest BCUT2D eigenvalue weighted by atomic mass is 9.89. The first-order valence-corrected chi connectivity index (χ1v) is 16.8. The van der Waals surface area contributed by atoms with Crippen LogP contribution >= 0.6 is 0 Å². The van der Waals surface area contributed by atoms with E-state index >= 15 is 17.6 Å². The maximum absolute atomic E-state index is 16.0. The van der Waals surface area contributed by atoms with E-state index in [4.69, 9.17) is 14.2 Å². The molecule has 0 heterocycles. The van der Waals surface area contributed by atoms with Crippen molar-refractivity contribution in [1.82, 2.24) is 0 Å². The summed E-state index contributed by atoms with van der Waals surface area (Å²) in [5.74, 6) is -11.1. The van der Waals surface area contributed by atoms with Gasteiger partial charge in [-0.15, -0.1) is 0 Å². The predicted molar refractivity (Wildman–Crippen MR) is 188 cm³/mol. The number of para-hydroxylation sites is 1. The van der Waals surface area contributed by atoms with Gasteiger partial charge in [0, 0.05) is 27.8 Å². The molecule has 0 N–H and O–H groups in total. The van der Waals surface area contributed by atoms with Crippen LogP contribution in [0.4, 0.5) is 65.9 Å². The molecule has 0 bridgehead atoms. The highest BCUT2D eigenvalue weighted by Crippen LogP contribution is 2.49. The van der Waals surface area contributed by atoms with Gasteiger partial charge in [0.1, 0.15) is 40.6 Å². The molecule has 0 radical (unpaired) electrons. The number of ether oxygens (including phenoxy) is 3. The first-order valence-electron chi connectivity index (χ1n) is 16.8. The summed E-state index contributed by atoms with van der Waals surface area (Å²) in [7, 11) is 2.74. The minimum Gasteiger partial charge on any atom is -0.496 e. The van der Waals surface area contributed by atoms with Gasteiger partial charge in [-0.05, 0) is 82.9 Å². The van der Waals surface area contributed by atoms with Gasteiger partial charge in [0.05, 0.1) is 43.6 Å². The van der Waals surface area contributed by atoms with Crippen molar-refractivity contribution in [2.24, 2.45) is 0 Å². The maximum Gasteiger partial charge on any atom is 0.419 e. The van der Waals surface area contributed by atoms with Crippen molar-refractivity contribution in [2.45, 2.75) is 18.5 Å². The zero-order valence-electron chi connectivity index (χ0n) is 30.5. The van der Waals surface area contributed by atoms with Gasteiger partial charge in [0.25, 0.3) is 0 Å². The first-order chi connectivity index (χ1) is 28.0. The molecule has 0 aliphatic heterocycles. The molecule has 18 heteroatoms. The molecule has 0 aromatic heterocycles. The Bertz CT molecular complexity index is 2650. The zero-order valence-corrected chi connectivity index (χ0v) is 30.5. The van der Waals surface area contributed by atoms with Gasteiger partial charge < -0.3 is 14.2 Å². The van der Waals surface area contributed by atoms with E-state index in [1.54, 1.807) is 0 Å². The largest absolute Gasteiger partial charge is 0.496 e. The average molecular weight is 861 g/mol. The summed E-state index contributed by atoms with van der Waals surface area (Å²) in [5.41, 5.74) is -13.6.